The summed E-state index contributed by atoms with van der Waals surface area (Å²) < 4.78 is 4.59. The Morgan fingerprint density at radius 2 is 1.07 bits per heavy atom. The van der Waals surface area contributed by atoms with Crippen LogP contribution in [0, 0.1) is 0 Å². The molecule has 2 aromatic carbocycles. The molecule has 0 saturated carbocycles. The number of Topliss-reactive ketones (excluding diaryl/α,β-unsaturated/α-hetero) is 2. The van der Waals surface area contributed by atoms with Gasteiger partial charge in [-0.1, -0.05) is 23.2 Å². The Morgan fingerprint density at radius 3 is 1.45 bits per heavy atom. The molecule has 0 aliphatic carbocycles. The van der Waals surface area contributed by atoms with Gasteiger partial charge in [-0.05, 0) is 36.4 Å². The Hall–Kier alpha value is -3.56. The van der Waals surface area contributed by atoms with E-state index in [4.69, 9.17) is 23.2 Å². The minimum atomic E-state index is -1.52. The molecule has 9 nitrogen and oxygen atoms in total. The van der Waals surface area contributed by atoms with Crippen LogP contribution in [0.3, 0.4) is 0 Å². The maximum atomic E-state index is 12.4. The van der Waals surface area contributed by atoms with Crippen molar-refractivity contribution in [2.75, 3.05) is 9.80 Å². The molecular weight excluding hydrogens is 427 g/mol. The predicted molar refractivity (Wildman–Crippen MR) is 98.4 cm³/mol. The van der Waals surface area contributed by atoms with Crippen LogP contribution in [-0.2, 0) is 14.3 Å². The van der Waals surface area contributed by atoms with Gasteiger partial charge in [0, 0.05) is 10.0 Å². The molecule has 0 N–H and O–H groups in total. The number of ether oxygens (including phenoxy) is 1. The molecule has 144 valence electrons. The second-order valence-corrected chi connectivity index (χ2v) is 6.77. The van der Waals surface area contributed by atoms with Gasteiger partial charge in [0.05, 0.1) is 22.5 Å². The van der Waals surface area contributed by atoms with Crippen molar-refractivity contribution in [3.05, 3.63) is 57.6 Å². The monoisotopic (exact) mass is 432 g/mol. The Labute approximate surface area is 171 Å². The fourth-order valence-electron chi connectivity index (χ4n) is 2.95. The van der Waals surface area contributed by atoms with E-state index in [-0.39, 0.29) is 32.5 Å². The number of anilines is 2. The third kappa shape index (κ3) is 2.79. The highest BCUT2D eigenvalue weighted by molar-refractivity contribution is 6.58. The van der Waals surface area contributed by atoms with E-state index in [9.17, 15) is 28.8 Å². The van der Waals surface area contributed by atoms with Crippen LogP contribution in [-0.4, -0.2) is 35.6 Å². The van der Waals surface area contributed by atoms with Crippen molar-refractivity contribution in [2.45, 2.75) is 0 Å². The van der Waals surface area contributed by atoms with E-state index in [0.29, 0.717) is 9.80 Å². The van der Waals surface area contributed by atoms with Crippen LogP contribution >= 0.6 is 23.2 Å². The van der Waals surface area contributed by atoms with Crippen LogP contribution in [0.2, 0.25) is 10.0 Å². The van der Waals surface area contributed by atoms with Gasteiger partial charge in [0.1, 0.15) is 0 Å². The molecule has 2 aromatic rings. The van der Waals surface area contributed by atoms with Gasteiger partial charge in [-0.25, -0.2) is 19.4 Å². The number of amides is 4. The molecule has 0 aromatic heterocycles. The third-order valence-electron chi connectivity index (χ3n) is 4.22. The van der Waals surface area contributed by atoms with E-state index in [1.165, 1.54) is 36.4 Å². The number of carbonyl (C=O) groups excluding carboxylic acids is 6. The topological polar surface area (TPSA) is 118 Å². The maximum absolute atomic E-state index is 12.4. The van der Waals surface area contributed by atoms with Crippen molar-refractivity contribution in [1.82, 2.24) is 0 Å². The molecule has 29 heavy (non-hydrogen) atoms. The Kier molecular flexibility index (Phi) is 4.21. The number of halogens is 2. The first kappa shape index (κ1) is 18.8. The zero-order chi connectivity index (χ0) is 21.0. The summed E-state index contributed by atoms with van der Waals surface area (Å²) in [5.74, 6) is -4.54. The predicted octanol–water partition coefficient (Wildman–Crippen LogP) is 3.01. The van der Waals surface area contributed by atoms with Crippen molar-refractivity contribution in [3.63, 3.8) is 0 Å². The fraction of sp³-hybridized carbons (Fsp3) is 0. The summed E-state index contributed by atoms with van der Waals surface area (Å²) >= 11 is 11.6. The largest absolute Gasteiger partial charge is 0.430 e. The molecule has 0 saturated heterocycles. The van der Waals surface area contributed by atoms with Gasteiger partial charge >= 0.3 is 24.0 Å². The minimum Gasteiger partial charge on any atom is -0.358 e. The summed E-state index contributed by atoms with van der Waals surface area (Å²) in [7, 11) is 0. The smallest absolute Gasteiger partial charge is 0.358 e. The van der Waals surface area contributed by atoms with E-state index in [2.05, 4.69) is 4.74 Å². The molecule has 11 heteroatoms. The second-order valence-electron chi connectivity index (χ2n) is 5.90. The fourth-order valence-corrected chi connectivity index (χ4v) is 3.30. The second kappa shape index (κ2) is 6.50. The number of ketones is 2. The van der Waals surface area contributed by atoms with Gasteiger partial charge < -0.3 is 4.74 Å². The first-order valence-corrected chi connectivity index (χ1v) is 8.58. The van der Waals surface area contributed by atoms with Gasteiger partial charge in [0.2, 0.25) is 0 Å². The average molecular weight is 433 g/mol. The molecule has 0 bridgehead atoms. The lowest BCUT2D eigenvalue weighted by atomic mass is 10.1. The number of hydrogen-bond acceptors (Lipinski definition) is 7. The van der Waals surface area contributed by atoms with E-state index >= 15 is 0 Å². The summed E-state index contributed by atoms with van der Waals surface area (Å²) in [5.41, 5.74) is -0.532. The highest BCUT2D eigenvalue weighted by Crippen LogP contribution is 2.34. The van der Waals surface area contributed by atoms with Crippen molar-refractivity contribution in [2.24, 2.45) is 0 Å². The number of carbonyl (C=O) groups is 6. The van der Waals surface area contributed by atoms with Crippen molar-refractivity contribution in [3.8, 4) is 0 Å². The zero-order valence-electron chi connectivity index (χ0n) is 14.0. The lowest BCUT2D eigenvalue weighted by Gasteiger charge is -2.17. The first-order chi connectivity index (χ1) is 13.7. The summed E-state index contributed by atoms with van der Waals surface area (Å²) in [6.45, 7) is 0. The lowest BCUT2D eigenvalue weighted by molar-refractivity contribution is -0.114. The summed E-state index contributed by atoms with van der Waals surface area (Å²) in [4.78, 5) is 73.8. The van der Waals surface area contributed by atoms with E-state index < -0.39 is 35.6 Å². The molecule has 4 amide bonds. The summed E-state index contributed by atoms with van der Waals surface area (Å²) in [6, 6.07) is 7.50. The van der Waals surface area contributed by atoms with Crippen molar-refractivity contribution >= 4 is 70.1 Å². The van der Waals surface area contributed by atoms with E-state index in [0.717, 1.165) is 0 Å². The SMILES string of the molecule is O=C1C(=O)N(C(=O)OC(=O)N2C(=O)C(=O)c3cc(Cl)ccc32)c2ccc(Cl)cc21. The Balaban J connectivity index is 1.63. The standard InChI is InChI=1S/C18H6Cl2N2O7/c19-7-1-3-11-9(5-7)13(23)15(25)21(11)17(27)29-18(28)22-12-4-2-8(20)6-10(12)14(24)16(22)26/h1-6H. The van der Waals surface area contributed by atoms with Crippen molar-refractivity contribution in [1.29, 1.82) is 0 Å². The van der Waals surface area contributed by atoms with Gasteiger partial charge in [-0.2, -0.15) is 0 Å². The average Bonchev–Trinajstić information content (AvgIpc) is 3.06. The van der Waals surface area contributed by atoms with E-state index in [1.807, 2.05) is 0 Å². The molecule has 4 rings (SSSR count). The molecular formula is C18H6Cl2N2O7. The van der Waals surface area contributed by atoms with Crippen LogP contribution in [0.25, 0.3) is 0 Å². The molecule has 2 heterocycles. The molecule has 0 spiro atoms. The van der Waals surface area contributed by atoms with E-state index in [1.54, 1.807) is 0 Å². The first-order valence-electron chi connectivity index (χ1n) is 7.83. The number of imide groups is 2. The molecule has 0 unspecified atom stereocenters. The molecule has 0 fully saturated rings. The number of fused-ring (bicyclic) bond motifs is 2. The number of nitrogens with zero attached hydrogens (tertiary/aromatic N) is 2. The quantitative estimate of drug-likeness (QED) is 0.463. The van der Waals surface area contributed by atoms with Crippen LogP contribution in [0.5, 0.6) is 0 Å². The lowest BCUT2D eigenvalue weighted by Crippen LogP contribution is -2.42. The van der Waals surface area contributed by atoms with Crippen LogP contribution < -0.4 is 9.80 Å². The number of rotatable bonds is 0. The Bertz CT molecular complexity index is 1100. The highest BCUT2D eigenvalue weighted by Gasteiger charge is 2.45. The van der Waals surface area contributed by atoms with Gasteiger partial charge in [0.25, 0.3) is 11.6 Å². The molecule has 0 radical (unpaired) electrons. The van der Waals surface area contributed by atoms with Gasteiger partial charge in [0.15, 0.2) is 0 Å². The van der Waals surface area contributed by atoms with Crippen LogP contribution in [0.15, 0.2) is 36.4 Å². The van der Waals surface area contributed by atoms with Gasteiger partial charge in [-0.15, -0.1) is 0 Å². The summed E-state index contributed by atoms with van der Waals surface area (Å²) in [6.07, 6.45) is -3.03. The molecule has 2 aliphatic heterocycles. The van der Waals surface area contributed by atoms with Crippen LogP contribution in [0.1, 0.15) is 20.7 Å². The maximum Gasteiger partial charge on any atom is 0.430 e. The molecule has 2 aliphatic rings. The van der Waals surface area contributed by atoms with Gasteiger partial charge in [-0.3, -0.25) is 19.2 Å². The summed E-state index contributed by atoms with van der Waals surface area (Å²) in [5, 5.41) is 0.320. The number of benzene rings is 2. The normalized spacial score (nSPS) is 15.0. The van der Waals surface area contributed by atoms with Crippen LogP contribution in [0.4, 0.5) is 21.0 Å². The zero-order valence-corrected chi connectivity index (χ0v) is 15.5. The molecule has 0 atom stereocenters. The Morgan fingerprint density at radius 1 is 0.690 bits per heavy atom. The third-order valence-corrected chi connectivity index (χ3v) is 4.69. The highest BCUT2D eigenvalue weighted by atomic mass is 35.5. The minimum absolute atomic E-state index is 0.127. The number of hydrogen-bond donors (Lipinski definition) is 0. The van der Waals surface area contributed by atoms with Crippen molar-refractivity contribution < 1.29 is 33.5 Å².